The maximum Gasteiger partial charge on any atom is 0.328 e. The van der Waals surface area contributed by atoms with E-state index in [1.165, 1.54) is 103 Å². The number of ketones is 1. The van der Waals surface area contributed by atoms with Crippen LogP contribution in [-0.4, -0.2) is 55.6 Å². The second-order valence-electron chi connectivity index (χ2n) is 12.2. The molecule has 0 bridgehead atoms. The van der Waals surface area contributed by atoms with Crippen LogP contribution in [0.15, 0.2) is 0 Å². The predicted octanol–water partition coefficient (Wildman–Crippen LogP) is 8.92. The molecule has 0 rings (SSSR count). The molecule has 0 amide bonds. The SMILES string of the molecule is CCCCCCCCCCCCCCCCCCCC(COP(=O)(O)CCC[N+](C)(C)C)CC(C)=O. The molecule has 216 valence electrons. The summed E-state index contributed by atoms with van der Waals surface area (Å²) in [6, 6.07) is 0. The molecule has 2 unspecified atom stereocenters. The predicted molar refractivity (Wildman–Crippen MR) is 156 cm³/mol. The smallest absolute Gasteiger partial charge is 0.328 e. The van der Waals surface area contributed by atoms with Gasteiger partial charge in [0.15, 0.2) is 0 Å². The molecule has 6 heteroatoms. The van der Waals surface area contributed by atoms with Crippen LogP contribution >= 0.6 is 7.60 Å². The standard InChI is InChI=1S/C30H62NO4P/c1-6-7-8-9-10-11-12-13-14-15-16-17-18-19-20-21-22-24-30(27-29(2)32)28-35-36(33,34)26-23-25-31(3,4)5/h30H,6-28H2,1-5H3/p+1. The molecule has 36 heavy (non-hydrogen) atoms. The summed E-state index contributed by atoms with van der Waals surface area (Å²) in [4.78, 5) is 21.8. The second-order valence-corrected chi connectivity index (χ2v) is 14.2. The largest absolute Gasteiger partial charge is 0.331 e. The van der Waals surface area contributed by atoms with Gasteiger partial charge in [-0.3, -0.25) is 4.57 Å². The van der Waals surface area contributed by atoms with Crippen LogP contribution in [-0.2, 0) is 13.9 Å². The first-order valence-corrected chi connectivity index (χ1v) is 17.1. The molecule has 0 fully saturated rings. The number of unbranched alkanes of at least 4 members (excludes halogenated alkanes) is 16. The van der Waals surface area contributed by atoms with Gasteiger partial charge in [-0.15, -0.1) is 0 Å². The highest BCUT2D eigenvalue weighted by Gasteiger charge is 2.23. The van der Waals surface area contributed by atoms with Crippen molar-refractivity contribution in [2.45, 2.75) is 142 Å². The quantitative estimate of drug-likeness (QED) is 0.0651. The topological polar surface area (TPSA) is 63.6 Å². The van der Waals surface area contributed by atoms with Crippen LogP contribution in [0.5, 0.6) is 0 Å². The number of rotatable bonds is 27. The fraction of sp³-hybridized carbons (Fsp3) is 0.967. The lowest BCUT2D eigenvalue weighted by molar-refractivity contribution is -0.870. The number of carbonyl (C=O) groups is 1. The summed E-state index contributed by atoms with van der Waals surface area (Å²) in [5, 5.41) is 0. The van der Waals surface area contributed by atoms with E-state index in [2.05, 4.69) is 28.1 Å². The first kappa shape index (κ1) is 35.8. The van der Waals surface area contributed by atoms with Crippen molar-refractivity contribution in [1.82, 2.24) is 0 Å². The van der Waals surface area contributed by atoms with Crippen molar-refractivity contribution < 1.29 is 23.3 Å². The van der Waals surface area contributed by atoms with Crippen molar-refractivity contribution in [3.8, 4) is 0 Å². The van der Waals surface area contributed by atoms with Gasteiger partial charge >= 0.3 is 7.60 Å². The molecular weight excluding hydrogens is 469 g/mol. The molecule has 0 heterocycles. The van der Waals surface area contributed by atoms with Crippen LogP contribution in [0.1, 0.15) is 142 Å². The zero-order chi connectivity index (χ0) is 27.1. The summed E-state index contributed by atoms with van der Waals surface area (Å²) in [5.41, 5.74) is 0. The van der Waals surface area contributed by atoms with Crippen LogP contribution in [0.4, 0.5) is 0 Å². The Kier molecular flexibility index (Phi) is 22.6. The van der Waals surface area contributed by atoms with Gasteiger partial charge < -0.3 is 18.7 Å². The number of quaternary nitrogens is 1. The molecule has 0 aromatic heterocycles. The third kappa shape index (κ3) is 26.8. The lowest BCUT2D eigenvalue weighted by Gasteiger charge is -2.24. The first-order valence-electron chi connectivity index (χ1n) is 15.3. The molecule has 0 saturated carbocycles. The molecule has 5 nitrogen and oxygen atoms in total. The molecule has 0 aliphatic carbocycles. The fourth-order valence-electron chi connectivity index (χ4n) is 4.84. The summed E-state index contributed by atoms with van der Waals surface area (Å²) >= 11 is 0. The maximum absolute atomic E-state index is 12.4. The van der Waals surface area contributed by atoms with Crippen molar-refractivity contribution >= 4 is 13.4 Å². The highest BCUT2D eigenvalue weighted by Crippen LogP contribution is 2.43. The van der Waals surface area contributed by atoms with E-state index in [0.29, 0.717) is 12.8 Å². The van der Waals surface area contributed by atoms with Gasteiger partial charge in [-0.2, -0.15) is 0 Å². The van der Waals surface area contributed by atoms with Crippen LogP contribution < -0.4 is 0 Å². The number of Topliss-reactive ketones (excluding diaryl/α,β-unsaturated/α-hetero) is 1. The zero-order valence-corrected chi connectivity index (χ0v) is 25.8. The Bertz CT molecular complexity index is 562. The summed E-state index contributed by atoms with van der Waals surface area (Å²) in [6.45, 7) is 4.93. The van der Waals surface area contributed by atoms with Gasteiger partial charge in [-0.25, -0.2) is 0 Å². The molecule has 0 radical (unpaired) electrons. The van der Waals surface area contributed by atoms with Gasteiger partial charge in [0.1, 0.15) is 5.78 Å². The Morgan fingerprint density at radius 2 is 1.17 bits per heavy atom. The van der Waals surface area contributed by atoms with Gasteiger partial charge in [0.25, 0.3) is 0 Å². The van der Waals surface area contributed by atoms with Crippen molar-refractivity contribution in [1.29, 1.82) is 0 Å². The third-order valence-electron chi connectivity index (χ3n) is 7.07. The molecule has 0 aliphatic heterocycles. The molecule has 0 spiro atoms. The maximum atomic E-state index is 12.4. The van der Waals surface area contributed by atoms with Gasteiger partial charge in [0.05, 0.1) is 40.5 Å². The third-order valence-corrected chi connectivity index (χ3v) is 8.51. The number of carbonyl (C=O) groups excluding carboxylic acids is 1. The van der Waals surface area contributed by atoms with E-state index >= 15 is 0 Å². The monoisotopic (exact) mass is 532 g/mol. The lowest BCUT2D eigenvalue weighted by atomic mass is 9.96. The summed E-state index contributed by atoms with van der Waals surface area (Å²) in [6.07, 6.45) is 25.2. The van der Waals surface area contributed by atoms with Crippen LogP contribution in [0.2, 0.25) is 0 Å². The average Bonchev–Trinajstić information content (AvgIpc) is 2.78. The molecule has 0 aromatic carbocycles. The molecule has 0 aromatic rings. The van der Waals surface area contributed by atoms with Crippen molar-refractivity contribution in [2.24, 2.45) is 5.92 Å². The van der Waals surface area contributed by atoms with Gasteiger partial charge in [-0.05, 0) is 19.3 Å². The van der Waals surface area contributed by atoms with E-state index in [1.807, 2.05) is 0 Å². The summed E-state index contributed by atoms with van der Waals surface area (Å²) < 4.78 is 18.6. The van der Waals surface area contributed by atoms with Crippen molar-refractivity contribution in [2.75, 3.05) is 40.5 Å². The van der Waals surface area contributed by atoms with E-state index in [0.717, 1.165) is 23.9 Å². The first-order chi connectivity index (χ1) is 17.1. The molecule has 1 N–H and O–H groups in total. The van der Waals surface area contributed by atoms with E-state index in [1.54, 1.807) is 6.92 Å². The lowest BCUT2D eigenvalue weighted by Crippen LogP contribution is -2.35. The van der Waals surface area contributed by atoms with Gasteiger partial charge in [-0.1, -0.05) is 116 Å². The molecule has 2 atom stereocenters. The normalized spacial score (nSPS) is 14.6. The zero-order valence-electron chi connectivity index (χ0n) is 24.9. The van der Waals surface area contributed by atoms with Crippen LogP contribution in [0, 0.1) is 5.92 Å². The van der Waals surface area contributed by atoms with E-state index < -0.39 is 7.60 Å². The van der Waals surface area contributed by atoms with Crippen LogP contribution in [0.3, 0.4) is 0 Å². The summed E-state index contributed by atoms with van der Waals surface area (Å²) in [5.74, 6) is 0.186. The minimum Gasteiger partial charge on any atom is -0.331 e. The number of nitrogens with zero attached hydrogens (tertiary/aromatic N) is 1. The van der Waals surface area contributed by atoms with E-state index in [9.17, 15) is 14.3 Å². The Balaban J connectivity index is 3.74. The molecule has 0 saturated heterocycles. The van der Waals surface area contributed by atoms with Gasteiger partial charge in [0.2, 0.25) is 0 Å². The van der Waals surface area contributed by atoms with Crippen LogP contribution in [0.25, 0.3) is 0 Å². The molecular formula is C30H63NO4P+. The van der Waals surface area contributed by atoms with Gasteiger partial charge in [0, 0.05) is 12.8 Å². The Labute approximate surface area is 225 Å². The second kappa shape index (κ2) is 22.7. The van der Waals surface area contributed by atoms with E-state index in [4.69, 9.17) is 4.52 Å². The van der Waals surface area contributed by atoms with Crippen molar-refractivity contribution in [3.63, 3.8) is 0 Å². The minimum atomic E-state index is -3.57. The Morgan fingerprint density at radius 1 is 0.750 bits per heavy atom. The highest BCUT2D eigenvalue weighted by atomic mass is 31.2. The number of hydrogen-bond donors (Lipinski definition) is 1. The average molecular weight is 533 g/mol. The number of hydrogen-bond acceptors (Lipinski definition) is 3. The Morgan fingerprint density at radius 3 is 1.56 bits per heavy atom. The highest BCUT2D eigenvalue weighted by molar-refractivity contribution is 7.52. The minimum absolute atomic E-state index is 0.0534. The van der Waals surface area contributed by atoms with E-state index in [-0.39, 0.29) is 24.5 Å². The van der Waals surface area contributed by atoms with Crippen molar-refractivity contribution in [3.05, 3.63) is 0 Å². The summed E-state index contributed by atoms with van der Waals surface area (Å²) in [7, 11) is 2.65. The fourth-order valence-corrected chi connectivity index (χ4v) is 5.95. The Hall–Kier alpha value is -0.220. The molecule has 0 aliphatic rings.